The smallest absolute Gasteiger partial charge is 0.244 e. The van der Waals surface area contributed by atoms with E-state index in [2.05, 4.69) is 10.5 Å². The summed E-state index contributed by atoms with van der Waals surface area (Å²) in [6, 6.07) is 12.7. The highest BCUT2D eigenvalue weighted by molar-refractivity contribution is 5.94. The van der Waals surface area contributed by atoms with Gasteiger partial charge in [-0.25, -0.2) is 0 Å². The zero-order chi connectivity index (χ0) is 19.9. The number of nitrogens with zero attached hydrogens (tertiary/aromatic N) is 2. The number of para-hydroxylation sites is 1. The van der Waals surface area contributed by atoms with Gasteiger partial charge in [-0.05, 0) is 44.5 Å². The van der Waals surface area contributed by atoms with Gasteiger partial charge in [0.2, 0.25) is 11.8 Å². The summed E-state index contributed by atoms with van der Waals surface area (Å²) in [6.07, 6.45) is 2.31. The molecular weight excluding hydrogens is 358 g/mol. The van der Waals surface area contributed by atoms with Gasteiger partial charge < -0.3 is 19.2 Å². The van der Waals surface area contributed by atoms with E-state index >= 15 is 0 Å². The molecule has 0 saturated heterocycles. The van der Waals surface area contributed by atoms with Crippen molar-refractivity contribution >= 4 is 17.5 Å². The number of hydrogen-bond acceptors (Lipinski definition) is 5. The standard InChI is InChI=1S/C21H23N3O4/c1-15-19(16(2)28-23-15)10-11-21(26)24(13-18-9-6-12-27-18)14-20(25)22-17-7-4-3-5-8-17/h3-9,12H,10-11,13-14H2,1-2H3,(H,22,25). The Balaban J connectivity index is 1.65. The summed E-state index contributed by atoms with van der Waals surface area (Å²) >= 11 is 0. The molecule has 0 atom stereocenters. The van der Waals surface area contributed by atoms with Crippen molar-refractivity contribution in [3.63, 3.8) is 0 Å². The number of aromatic nitrogens is 1. The first-order chi connectivity index (χ1) is 13.5. The number of hydrogen-bond donors (Lipinski definition) is 1. The zero-order valence-corrected chi connectivity index (χ0v) is 16.0. The summed E-state index contributed by atoms with van der Waals surface area (Å²) < 4.78 is 10.5. The van der Waals surface area contributed by atoms with Gasteiger partial charge in [0, 0.05) is 17.7 Å². The van der Waals surface area contributed by atoms with E-state index in [4.69, 9.17) is 8.94 Å². The molecule has 0 aliphatic carbocycles. The van der Waals surface area contributed by atoms with E-state index in [-0.39, 0.29) is 31.3 Å². The molecule has 2 aromatic heterocycles. The van der Waals surface area contributed by atoms with Gasteiger partial charge in [-0.3, -0.25) is 9.59 Å². The Hall–Kier alpha value is -3.35. The van der Waals surface area contributed by atoms with Crippen LogP contribution in [0.5, 0.6) is 0 Å². The van der Waals surface area contributed by atoms with Crippen molar-refractivity contribution in [3.05, 3.63) is 71.5 Å². The SMILES string of the molecule is Cc1noc(C)c1CCC(=O)N(CC(=O)Nc1ccccc1)Cc1ccco1. The number of anilines is 1. The number of amides is 2. The summed E-state index contributed by atoms with van der Waals surface area (Å²) in [5.41, 5.74) is 2.40. The van der Waals surface area contributed by atoms with E-state index in [9.17, 15) is 9.59 Å². The lowest BCUT2D eigenvalue weighted by Gasteiger charge is -2.21. The third kappa shape index (κ3) is 5.09. The topological polar surface area (TPSA) is 88.6 Å². The van der Waals surface area contributed by atoms with Gasteiger partial charge in [-0.15, -0.1) is 0 Å². The molecule has 146 valence electrons. The van der Waals surface area contributed by atoms with Crippen LogP contribution < -0.4 is 5.32 Å². The molecule has 0 fully saturated rings. The van der Waals surface area contributed by atoms with Crippen LogP contribution >= 0.6 is 0 Å². The summed E-state index contributed by atoms with van der Waals surface area (Å²) in [7, 11) is 0. The first kappa shape index (κ1) is 19.4. The van der Waals surface area contributed by atoms with Gasteiger partial charge in [0.05, 0.1) is 18.5 Å². The maximum Gasteiger partial charge on any atom is 0.244 e. The van der Waals surface area contributed by atoms with Crippen LogP contribution in [0, 0.1) is 13.8 Å². The lowest BCUT2D eigenvalue weighted by molar-refractivity contribution is -0.135. The summed E-state index contributed by atoms with van der Waals surface area (Å²) in [6.45, 7) is 3.85. The summed E-state index contributed by atoms with van der Waals surface area (Å²) in [5.74, 6) is 0.936. The van der Waals surface area contributed by atoms with Gasteiger partial charge in [0.1, 0.15) is 18.1 Å². The predicted molar refractivity (Wildman–Crippen MR) is 103 cm³/mol. The number of nitrogens with one attached hydrogen (secondary N) is 1. The monoisotopic (exact) mass is 381 g/mol. The Morgan fingerprint density at radius 1 is 1.11 bits per heavy atom. The van der Waals surface area contributed by atoms with Gasteiger partial charge in [-0.1, -0.05) is 23.4 Å². The molecule has 7 nitrogen and oxygen atoms in total. The maximum atomic E-state index is 12.8. The van der Waals surface area contributed by atoms with Gasteiger partial charge in [0.15, 0.2) is 0 Å². The number of benzene rings is 1. The lowest BCUT2D eigenvalue weighted by Crippen LogP contribution is -2.37. The fourth-order valence-electron chi connectivity index (χ4n) is 2.97. The van der Waals surface area contributed by atoms with Crippen LogP contribution in [0.25, 0.3) is 0 Å². The van der Waals surface area contributed by atoms with Crippen molar-refractivity contribution in [1.82, 2.24) is 10.1 Å². The second-order valence-electron chi connectivity index (χ2n) is 6.55. The third-order valence-electron chi connectivity index (χ3n) is 4.44. The molecular formula is C21H23N3O4. The average molecular weight is 381 g/mol. The van der Waals surface area contributed by atoms with Crippen molar-refractivity contribution in [2.75, 3.05) is 11.9 Å². The van der Waals surface area contributed by atoms with Crippen LogP contribution in [0.2, 0.25) is 0 Å². The molecule has 0 saturated carbocycles. The highest BCUT2D eigenvalue weighted by Gasteiger charge is 2.20. The number of carbonyl (C=O) groups excluding carboxylic acids is 2. The Morgan fingerprint density at radius 3 is 2.54 bits per heavy atom. The molecule has 0 aliphatic rings. The van der Waals surface area contributed by atoms with Gasteiger partial charge in [0.25, 0.3) is 0 Å². The van der Waals surface area contributed by atoms with Crippen molar-refractivity contribution in [2.45, 2.75) is 33.2 Å². The zero-order valence-electron chi connectivity index (χ0n) is 16.0. The van der Waals surface area contributed by atoms with Crippen LogP contribution in [0.3, 0.4) is 0 Å². The average Bonchev–Trinajstić information content (AvgIpc) is 3.30. The molecule has 1 aromatic carbocycles. The minimum atomic E-state index is -0.261. The van der Waals surface area contributed by atoms with Crippen LogP contribution in [0.1, 0.15) is 29.2 Å². The molecule has 0 spiro atoms. The Labute approximate surface area is 163 Å². The van der Waals surface area contributed by atoms with Crippen molar-refractivity contribution in [3.8, 4) is 0 Å². The molecule has 28 heavy (non-hydrogen) atoms. The van der Waals surface area contributed by atoms with Gasteiger partial charge >= 0.3 is 0 Å². The molecule has 0 radical (unpaired) electrons. The lowest BCUT2D eigenvalue weighted by atomic mass is 10.1. The number of rotatable bonds is 8. The quantitative estimate of drug-likeness (QED) is 0.645. The van der Waals surface area contributed by atoms with E-state index in [1.54, 1.807) is 30.5 Å². The van der Waals surface area contributed by atoms with E-state index in [1.165, 1.54) is 4.90 Å². The molecule has 2 amide bonds. The Kier molecular flexibility index (Phi) is 6.26. The fourth-order valence-corrected chi connectivity index (χ4v) is 2.97. The number of furan rings is 1. The first-order valence-corrected chi connectivity index (χ1v) is 9.09. The number of aryl methyl sites for hydroxylation is 2. The Bertz CT molecular complexity index is 897. The van der Waals surface area contributed by atoms with E-state index in [0.717, 1.165) is 11.3 Å². The largest absolute Gasteiger partial charge is 0.467 e. The second kappa shape index (κ2) is 9.03. The molecule has 3 aromatic rings. The molecule has 7 heteroatoms. The molecule has 1 N–H and O–H groups in total. The molecule has 0 bridgehead atoms. The first-order valence-electron chi connectivity index (χ1n) is 9.09. The maximum absolute atomic E-state index is 12.8. The summed E-state index contributed by atoms with van der Waals surface area (Å²) in [5, 5.41) is 6.72. The van der Waals surface area contributed by atoms with Crippen molar-refractivity contribution in [1.29, 1.82) is 0 Å². The predicted octanol–water partition coefficient (Wildman–Crippen LogP) is 3.48. The van der Waals surface area contributed by atoms with E-state index in [1.807, 2.05) is 32.0 Å². The molecule has 0 unspecified atom stereocenters. The van der Waals surface area contributed by atoms with Crippen molar-refractivity contribution in [2.24, 2.45) is 0 Å². The summed E-state index contributed by atoms with van der Waals surface area (Å²) in [4.78, 5) is 26.8. The van der Waals surface area contributed by atoms with Crippen LogP contribution in [-0.4, -0.2) is 28.4 Å². The highest BCUT2D eigenvalue weighted by Crippen LogP contribution is 2.16. The van der Waals surface area contributed by atoms with Gasteiger partial charge in [-0.2, -0.15) is 0 Å². The van der Waals surface area contributed by atoms with Crippen molar-refractivity contribution < 1.29 is 18.5 Å². The molecule has 2 heterocycles. The molecule has 0 aliphatic heterocycles. The third-order valence-corrected chi connectivity index (χ3v) is 4.44. The van der Waals surface area contributed by atoms with E-state index in [0.29, 0.717) is 23.6 Å². The Morgan fingerprint density at radius 2 is 1.89 bits per heavy atom. The van der Waals surface area contributed by atoms with Crippen LogP contribution in [-0.2, 0) is 22.6 Å². The van der Waals surface area contributed by atoms with Crippen LogP contribution in [0.15, 0.2) is 57.7 Å². The minimum absolute atomic E-state index is 0.0595. The fraction of sp³-hybridized carbons (Fsp3) is 0.286. The minimum Gasteiger partial charge on any atom is -0.467 e. The van der Waals surface area contributed by atoms with E-state index < -0.39 is 0 Å². The second-order valence-corrected chi connectivity index (χ2v) is 6.55. The molecule has 3 rings (SSSR count). The highest BCUT2D eigenvalue weighted by atomic mass is 16.5. The number of carbonyl (C=O) groups is 2. The normalized spacial score (nSPS) is 10.6. The van der Waals surface area contributed by atoms with Crippen LogP contribution in [0.4, 0.5) is 5.69 Å².